The van der Waals surface area contributed by atoms with E-state index in [2.05, 4.69) is 10.3 Å². The van der Waals surface area contributed by atoms with Gasteiger partial charge < -0.3 is 10.1 Å². The Balaban J connectivity index is 1.91. The molecule has 0 saturated carbocycles. The third kappa shape index (κ3) is 3.81. The zero-order valence-corrected chi connectivity index (χ0v) is 16.0. The number of para-hydroxylation sites is 1. The number of esters is 1. The molecule has 8 heteroatoms. The summed E-state index contributed by atoms with van der Waals surface area (Å²) in [6, 6.07) is 13.7. The van der Waals surface area contributed by atoms with Gasteiger partial charge in [-0.15, -0.1) is 0 Å². The van der Waals surface area contributed by atoms with Crippen molar-refractivity contribution < 1.29 is 19.1 Å². The summed E-state index contributed by atoms with van der Waals surface area (Å²) in [5, 5.41) is 2.53. The molecule has 0 aromatic heterocycles. The van der Waals surface area contributed by atoms with E-state index in [1.54, 1.807) is 36.4 Å². The van der Waals surface area contributed by atoms with Gasteiger partial charge in [-0.05, 0) is 43.4 Å². The number of carbonyl (C=O) groups is 3. The van der Waals surface area contributed by atoms with Gasteiger partial charge in [-0.2, -0.15) is 0 Å². The molecule has 1 N–H and O–H groups in total. The maximum Gasteiger partial charge on any atom is 0.340 e. The number of methoxy groups -OCH3 is 1. The van der Waals surface area contributed by atoms with E-state index in [9.17, 15) is 14.4 Å². The highest BCUT2D eigenvalue weighted by atomic mass is 32.1. The van der Waals surface area contributed by atoms with Gasteiger partial charge in [-0.1, -0.05) is 29.8 Å². The number of hydrogen-bond donors (Lipinski definition) is 1. The molecular weight excluding hydrogens is 378 g/mol. The summed E-state index contributed by atoms with van der Waals surface area (Å²) in [7, 11) is 1.27. The minimum atomic E-state index is -1.18. The third-order valence-corrected chi connectivity index (χ3v) is 4.45. The molecule has 1 fully saturated rings. The number of aryl methyl sites for hydroxylation is 1. The van der Waals surface area contributed by atoms with Crippen molar-refractivity contribution in [2.45, 2.75) is 6.92 Å². The highest BCUT2D eigenvalue weighted by Crippen LogP contribution is 2.23. The first-order chi connectivity index (χ1) is 13.4. The topological polar surface area (TPSA) is 88.1 Å². The van der Waals surface area contributed by atoms with Crippen LogP contribution >= 0.6 is 12.2 Å². The quantitative estimate of drug-likeness (QED) is 0.372. The molecule has 7 nitrogen and oxygen atoms in total. The van der Waals surface area contributed by atoms with Crippen LogP contribution in [0.4, 0.5) is 11.4 Å². The molecule has 2 aromatic rings. The van der Waals surface area contributed by atoms with E-state index in [0.29, 0.717) is 11.4 Å². The Morgan fingerprint density at radius 2 is 1.86 bits per heavy atom. The summed E-state index contributed by atoms with van der Waals surface area (Å²) in [6.45, 7) is 1.93. The number of amides is 2. The largest absolute Gasteiger partial charge is 0.465 e. The molecule has 1 aliphatic heterocycles. The Morgan fingerprint density at radius 3 is 2.54 bits per heavy atom. The number of nitrogens with one attached hydrogen (secondary N) is 1. The molecule has 2 aromatic carbocycles. The predicted molar refractivity (Wildman–Crippen MR) is 109 cm³/mol. The maximum atomic E-state index is 12.9. The van der Waals surface area contributed by atoms with E-state index in [1.807, 2.05) is 19.1 Å². The van der Waals surface area contributed by atoms with E-state index in [4.69, 9.17) is 17.0 Å². The summed E-state index contributed by atoms with van der Waals surface area (Å²) in [4.78, 5) is 42.5. The van der Waals surface area contributed by atoms with E-state index in [0.717, 1.165) is 5.56 Å². The standard InChI is InChI=1S/C20H17N3O4S/c1-12-7-9-13(10-8-12)23-18(25)15(17(24)22-20(23)28)11-21-16-6-4-3-5-14(16)19(26)27-2/h3-11,15H,1-2H3,(H,22,24,28)/t15-/m1/s1. The fraction of sp³-hybridized carbons (Fsp3) is 0.150. The number of anilines is 1. The van der Waals surface area contributed by atoms with Crippen LogP contribution in [-0.2, 0) is 14.3 Å². The molecule has 28 heavy (non-hydrogen) atoms. The van der Waals surface area contributed by atoms with E-state index < -0.39 is 23.7 Å². The molecule has 0 aliphatic carbocycles. The third-order valence-electron chi connectivity index (χ3n) is 4.17. The van der Waals surface area contributed by atoms with Crippen molar-refractivity contribution in [3.63, 3.8) is 0 Å². The van der Waals surface area contributed by atoms with E-state index >= 15 is 0 Å². The number of ether oxygens (including phenoxy) is 1. The highest BCUT2D eigenvalue weighted by Gasteiger charge is 2.38. The lowest BCUT2D eigenvalue weighted by molar-refractivity contribution is -0.130. The van der Waals surface area contributed by atoms with Gasteiger partial charge in [0.2, 0.25) is 5.91 Å². The lowest BCUT2D eigenvalue weighted by Gasteiger charge is -2.31. The fourth-order valence-corrected chi connectivity index (χ4v) is 2.98. The Kier molecular flexibility index (Phi) is 5.60. The smallest absolute Gasteiger partial charge is 0.340 e. The van der Waals surface area contributed by atoms with Crippen LogP contribution in [0.2, 0.25) is 0 Å². The van der Waals surface area contributed by atoms with Crippen LogP contribution in [0.5, 0.6) is 0 Å². The Bertz CT molecular complexity index is 985. The Labute approximate surface area is 167 Å². The van der Waals surface area contributed by atoms with Crippen molar-refractivity contribution in [1.29, 1.82) is 0 Å². The number of aliphatic imine (C=N–C) groups is 1. The lowest BCUT2D eigenvalue weighted by Crippen LogP contribution is -2.58. The number of rotatable bonds is 4. The van der Waals surface area contributed by atoms with Crippen molar-refractivity contribution in [3.05, 3.63) is 59.7 Å². The van der Waals surface area contributed by atoms with Gasteiger partial charge in [0.1, 0.15) is 0 Å². The van der Waals surface area contributed by atoms with Gasteiger partial charge in [0.05, 0.1) is 24.0 Å². The van der Waals surface area contributed by atoms with Crippen LogP contribution < -0.4 is 10.2 Å². The summed E-state index contributed by atoms with van der Waals surface area (Å²) in [6.07, 6.45) is 1.21. The summed E-state index contributed by atoms with van der Waals surface area (Å²) in [5.74, 6) is -2.83. The van der Waals surface area contributed by atoms with Crippen LogP contribution in [0.3, 0.4) is 0 Å². The summed E-state index contributed by atoms with van der Waals surface area (Å²) >= 11 is 5.16. The number of thiocarbonyl (C=S) groups is 1. The SMILES string of the molecule is COC(=O)c1ccccc1N=C[C@@H]1C(=O)NC(=S)N(c2ccc(C)cc2)C1=O. The lowest BCUT2D eigenvalue weighted by atomic mass is 10.1. The molecule has 0 radical (unpaired) electrons. The van der Waals surface area contributed by atoms with Crippen LogP contribution in [0.1, 0.15) is 15.9 Å². The minimum Gasteiger partial charge on any atom is -0.465 e. The molecule has 142 valence electrons. The molecule has 0 bridgehead atoms. The molecular formula is C20H17N3O4S. The second-order valence-corrected chi connectivity index (χ2v) is 6.45. The molecule has 1 heterocycles. The van der Waals surface area contributed by atoms with Gasteiger partial charge in [-0.25, -0.2) is 4.79 Å². The van der Waals surface area contributed by atoms with Crippen molar-refractivity contribution in [1.82, 2.24) is 5.32 Å². The van der Waals surface area contributed by atoms with Gasteiger partial charge in [-0.3, -0.25) is 19.5 Å². The van der Waals surface area contributed by atoms with Crippen LogP contribution in [0, 0.1) is 12.8 Å². The normalized spacial score (nSPS) is 17.0. The average molecular weight is 395 g/mol. The minimum absolute atomic E-state index is 0.0125. The second-order valence-electron chi connectivity index (χ2n) is 6.07. The number of benzene rings is 2. The molecule has 2 amide bonds. The van der Waals surface area contributed by atoms with E-state index in [-0.39, 0.29) is 10.7 Å². The average Bonchev–Trinajstić information content (AvgIpc) is 2.68. The Morgan fingerprint density at radius 1 is 1.18 bits per heavy atom. The van der Waals surface area contributed by atoms with Crippen molar-refractivity contribution in [2.75, 3.05) is 12.0 Å². The number of carbonyl (C=O) groups excluding carboxylic acids is 3. The molecule has 0 spiro atoms. The summed E-state index contributed by atoms with van der Waals surface area (Å²) < 4.78 is 4.73. The van der Waals surface area contributed by atoms with E-state index in [1.165, 1.54) is 18.2 Å². The van der Waals surface area contributed by atoms with Gasteiger partial charge in [0.25, 0.3) is 5.91 Å². The van der Waals surface area contributed by atoms with Crippen molar-refractivity contribution in [2.24, 2.45) is 10.9 Å². The first-order valence-electron chi connectivity index (χ1n) is 8.39. The summed E-state index contributed by atoms with van der Waals surface area (Å²) in [5.41, 5.74) is 2.11. The van der Waals surface area contributed by atoms with Crippen LogP contribution in [0.15, 0.2) is 53.5 Å². The molecule has 1 saturated heterocycles. The second kappa shape index (κ2) is 8.10. The van der Waals surface area contributed by atoms with Gasteiger partial charge in [0.15, 0.2) is 11.0 Å². The monoisotopic (exact) mass is 395 g/mol. The number of nitrogens with zero attached hydrogens (tertiary/aromatic N) is 2. The van der Waals surface area contributed by atoms with Crippen molar-refractivity contribution in [3.8, 4) is 0 Å². The molecule has 1 aliphatic rings. The predicted octanol–water partition coefficient (Wildman–Crippen LogP) is 2.55. The molecule has 1 atom stereocenters. The van der Waals surface area contributed by atoms with Crippen LogP contribution in [-0.4, -0.2) is 36.2 Å². The van der Waals surface area contributed by atoms with Crippen LogP contribution in [0.25, 0.3) is 0 Å². The van der Waals surface area contributed by atoms with Gasteiger partial charge in [0, 0.05) is 6.21 Å². The Hall–Kier alpha value is -3.39. The first kappa shape index (κ1) is 19.4. The van der Waals surface area contributed by atoms with Gasteiger partial charge >= 0.3 is 5.97 Å². The zero-order chi connectivity index (χ0) is 20.3. The molecule has 3 rings (SSSR count). The van der Waals surface area contributed by atoms with Crippen molar-refractivity contribution >= 4 is 52.7 Å². The maximum absolute atomic E-state index is 12.9. The highest BCUT2D eigenvalue weighted by molar-refractivity contribution is 7.80. The zero-order valence-electron chi connectivity index (χ0n) is 15.2. The first-order valence-corrected chi connectivity index (χ1v) is 8.80. The number of hydrogen-bond acceptors (Lipinski definition) is 6. The fourth-order valence-electron chi connectivity index (χ4n) is 2.68. The molecule has 0 unspecified atom stereocenters.